The average Bonchev–Trinajstić information content (AvgIpc) is 3.29. The number of phosphoric acid groups is 2. The second-order valence-corrected chi connectivity index (χ2v) is 19.8. The van der Waals surface area contributed by atoms with Gasteiger partial charge in [0.2, 0.25) is 0 Å². The van der Waals surface area contributed by atoms with E-state index in [-0.39, 0.29) is 33.0 Å². The number of hydrogen-bond acceptors (Lipinski definition) is 12. The highest BCUT2D eigenvalue weighted by Gasteiger charge is 2.66. The van der Waals surface area contributed by atoms with Gasteiger partial charge >= 0.3 is 15.6 Å². The molecule has 7 rings (SSSR count). The third kappa shape index (κ3) is 15.7. The number of hydrogen-bond donors (Lipinski definition) is 0. The van der Waals surface area contributed by atoms with Crippen molar-refractivity contribution in [2.45, 2.75) is 180 Å². The minimum atomic E-state index is -4.38. The molecule has 1 aliphatic carbocycles. The first-order valence-corrected chi connectivity index (χ1v) is 26.2. The van der Waals surface area contributed by atoms with Gasteiger partial charge in [-0.25, -0.2) is 9.13 Å². The number of benzene rings is 3. The number of unbranched alkanes of at least 4 members (excludes halogenated alkanes) is 14. The van der Waals surface area contributed by atoms with E-state index in [1.807, 2.05) is 91.0 Å². The van der Waals surface area contributed by atoms with Crippen molar-refractivity contribution in [1.29, 1.82) is 0 Å². The van der Waals surface area contributed by atoms with Gasteiger partial charge < -0.3 is 18.9 Å². The molecule has 0 spiro atoms. The lowest BCUT2D eigenvalue weighted by molar-refractivity contribution is -0.480. The van der Waals surface area contributed by atoms with Crippen LogP contribution in [-0.2, 0) is 75.0 Å². The van der Waals surface area contributed by atoms with Crippen molar-refractivity contribution in [2.24, 2.45) is 0 Å². The van der Waals surface area contributed by atoms with E-state index in [1.54, 1.807) is 0 Å². The van der Waals surface area contributed by atoms with Gasteiger partial charge in [-0.2, -0.15) is 0 Å². The fourth-order valence-electron chi connectivity index (χ4n) is 8.04. The van der Waals surface area contributed by atoms with Gasteiger partial charge in [-0.05, 0) is 29.5 Å². The Morgan fingerprint density at radius 1 is 0.419 bits per heavy atom. The molecule has 0 radical (unpaired) electrons. The van der Waals surface area contributed by atoms with Gasteiger partial charge in [0.25, 0.3) is 6.48 Å². The second kappa shape index (κ2) is 26.6. The van der Waals surface area contributed by atoms with E-state index in [4.69, 9.17) is 46.1 Å². The summed E-state index contributed by atoms with van der Waals surface area (Å²) in [6, 6.07) is 28.4. The fourth-order valence-corrected chi connectivity index (χ4v) is 10.8. The summed E-state index contributed by atoms with van der Waals surface area (Å²) >= 11 is 0. The van der Waals surface area contributed by atoms with E-state index < -0.39 is 58.7 Å². The van der Waals surface area contributed by atoms with E-state index in [1.165, 1.54) is 51.4 Å². The summed E-state index contributed by atoms with van der Waals surface area (Å²) in [5.41, 5.74) is 2.47. The fraction of sp³-hybridized carbons (Fsp3) is 0.625. The zero-order valence-corrected chi connectivity index (χ0v) is 38.6. The first-order valence-electron chi connectivity index (χ1n) is 23.2. The molecule has 0 unspecified atom stereocenters. The SMILES string of the molecule is CCCCCCCCCCOP(=O)(OCCCCCCCCCC)O[C@@H]1[C@H]2O[C@H]3O[C@@H]1[C@H](OCc1ccccc1)[C@H](O3)[C@@H]2OP(=O)(OCc1ccccc1)OCc1ccccc1. The van der Waals surface area contributed by atoms with Crippen LogP contribution in [0.5, 0.6) is 0 Å². The molecule has 3 saturated heterocycles. The summed E-state index contributed by atoms with van der Waals surface area (Å²) in [7, 11) is -8.60. The van der Waals surface area contributed by atoms with E-state index >= 15 is 0 Å². The summed E-state index contributed by atoms with van der Waals surface area (Å²) in [5, 5.41) is 0. The van der Waals surface area contributed by atoms with Crippen LogP contribution >= 0.6 is 15.6 Å². The molecular weight excluding hydrogens is 830 g/mol. The van der Waals surface area contributed by atoms with Gasteiger partial charge in [-0.3, -0.25) is 27.1 Å². The van der Waals surface area contributed by atoms with Gasteiger partial charge in [0.1, 0.15) is 36.6 Å². The normalized spacial score (nSPS) is 23.3. The lowest BCUT2D eigenvalue weighted by atomic mass is 9.82. The van der Waals surface area contributed by atoms with Crippen molar-refractivity contribution in [2.75, 3.05) is 13.2 Å². The molecule has 1 saturated carbocycles. The largest absolute Gasteiger partial charge is 0.475 e. The molecule has 12 nitrogen and oxygen atoms in total. The monoisotopic (exact) mass is 900 g/mol. The first kappa shape index (κ1) is 49.2. The van der Waals surface area contributed by atoms with Crippen LogP contribution in [-0.4, -0.2) is 56.3 Å². The summed E-state index contributed by atoms with van der Waals surface area (Å²) in [6.07, 6.45) is 12.0. The Morgan fingerprint density at radius 3 is 1.16 bits per heavy atom. The molecule has 344 valence electrons. The highest BCUT2D eigenvalue weighted by atomic mass is 31.2. The zero-order chi connectivity index (χ0) is 43.3. The van der Waals surface area contributed by atoms with Crippen molar-refractivity contribution < 1.29 is 55.2 Å². The molecule has 4 bridgehead atoms. The summed E-state index contributed by atoms with van der Waals surface area (Å²) in [5.74, 6) is 0. The number of ether oxygens (including phenoxy) is 4. The molecule has 0 aromatic heterocycles. The Hall–Kier alpha value is -2.28. The maximum Gasteiger partial charge on any atom is 0.475 e. The van der Waals surface area contributed by atoms with Crippen LogP contribution in [0.3, 0.4) is 0 Å². The Labute approximate surface area is 370 Å². The minimum Gasteiger partial charge on any atom is -0.368 e. The third-order valence-corrected chi connectivity index (χ3v) is 14.4. The Bertz CT molecular complexity index is 1680. The Kier molecular flexibility index (Phi) is 21.1. The second-order valence-electron chi connectivity index (χ2n) is 16.5. The van der Waals surface area contributed by atoms with E-state index in [0.29, 0.717) is 12.8 Å². The third-order valence-electron chi connectivity index (χ3n) is 11.5. The van der Waals surface area contributed by atoms with Crippen molar-refractivity contribution in [3.05, 3.63) is 108 Å². The van der Waals surface area contributed by atoms with Gasteiger partial charge in [0, 0.05) is 0 Å². The first-order chi connectivity index (χ1) is 30.4. The molecule has 3 heterocycles. The Morgan fingerprint density at radius 2 is 0.758 bits per heavy atom. The van der Waals surface area contributed by atoms with Crippen LogP contribution in [0.2, 0.25) is 0 Å². The van der Waals surface area contributed by atoms with Crippen LogP contribution < -0.4 is 0 Å². The molecule has 3 aromatic carbocycles. The maximum absolute atomic E-state index is 14.8. The predicted octanol–water partition coefficient (Wildman–Crippen LogP) is 12.8. The molecule has 7 atom stereocenters. The van der Waals surface area contributed by atoms with E-state index in [0.717, 1.165) is 55.2 Å². The smallest absolute Gasteiger partial charge is 0.368 e. The molecule has 4 fully saturated rings. The Balaban J connectivity index is 1.21. The quantitative estimate of drug-likeness (QED) is 0.0426. The topological polar surface area (TPSA) is 126 Å². The molecule has 4 aliphatic rings. The van der Waals surface area contributed by atoms with Gasteiger partial charge in [-0.15, -0.1) is 0 Å². The zero-order valence-electron chi connectivity index (χ0n) is 36.8. The molecule has 0 N–H and O–H groups in total. The molecular formula is C48H70O12P2. The highest BCUT2D eigenvalue weighted by molar-refractivity contribution is 7.48. The van der Waals surface area contributed by atoms with Crippen molar-refractivity contribution >= 4 is 15.6 Å². The lowest BCUT2D eigenvalue weighted by Crippen LogP contribution is -2.76. The summed E-state index contributed by atoms with van der Waals surface area (Å²) in [4.78, 5) is 0. The average molecular weight is 901 g/mol. The molecule has 3 aliphatic heterocycles. The minimum absolute atomic E-state index is 0.0484. The maximum atomic E-state index is 14.8. The lowest BCUT2D eigenvalue weighted by Gasteiger charge is -2.58. The van der Waals surface area contributed by atoms with Gasteiger partial charge in [-0.1, -0.05) is 195 Å². The summed E-state index contributed by atoms with van der Waals surface area (Å²) < 4.78 is 92.3. The van der Waals surface area contributed by atoms with Crippen LogP contribution in [0.1, 0.15) is 133 Å². The molecule has 0 amide bonds. The van der Waals surface area contributed by atoms with E-state index in [9.17, 15) is 9.13 Å². The molecule has 14 heteroatoms. The van der Waals surface area contributed by atoms with Crippen LogP contribution in [0.15, 0.2) is 91.0 Å². The predicted molar refractivity (Wildman–Crippen MR) is 238 cm³/mol. The standard InChI is InChI=1S/C48H70O12P2/c1-3-5-7-9-11-13-15-26-34-52-61(49,53-35-27-16-14-12-10-8-6-4-2)59-46-43-42(51-36-39-28-20-17-21-29-39)44-47(45(46)58-48(56-43)57-44)60-62(50,54-37-40-30-22-18-23-31-40)55-38-41-32-24-19-25-33-41/h17-25,28-33,42-48H,3-16,26-27,34-38H2,1-2H3/t42-,43+,44-,45+,46-,47-,48-/m0/s1. The van der Waals surface area contributed by atoms with Gasteiger partial charge in [0.05, 0.1) is 33.0 Å². The van der Waals surface area contributed by atoms with Gasteiger partial charge in [0.15, 0.2) is 0 Å². The van der Waals surface area contributed by atoms with Crippen molar-refractivity contribution in [3.8, 4) is 0 Å². The molecule has 3 aromatic rings. The van der Waals surface area contributed by atoms with E-state index in [2.05, 4.69) is 13.8 Å². The summed E-state index contributed by atoms with van der Waals surface area (Å²) in [6.45, 7) is 3.86. The number of rotatable bonds is 33. The van der Waals surface area contributed by atoms with Crippen LogP contribution in [0.25, 0.3) is 0 Å². The highest BCUT2D eigenvalue weighted by Crippen LogP contribution is 2.59. The van der Waals surface area contributed by atoms with Crippen LogP contribution in [0.4, 0.5) is 0 Å². The molecule has 62 heavy (non-hydrogen) atoms. The van der Waals surface area contributed by atoms with Crippen molar-refractivity contribution in [1.82, 2.24) is 0 Å². The van der Waals surface area contributed by atoms with Crippen LogP contribution in [0, 0.1) is 0 Å². The number of phosphoric ester groups is 2. The van der Waals surface area contributed by atoms with Crippen molar-refractivity contribution in [3.63, 3.8) is 0 Å².